The fraction of sp³-hybridized carbons (Fsp3) is 0.280. The highest BCUT2D eigenvalue weighted by Crippen LogP contribution is 2.22. The van der Waals surface area contributed by atoms with E-state index in [9.17, 15) is 0 Å². The monoisotopic (exact) mass is 390 g/mol. The van der Waals surface area contributed by atoms with Gasteiger partial charge in [-0.15, -0.1) is 0 Å². The lowest BCUT2D eigenvalue weighted by Gasteiger charge is -2.11. The molecule has 4 nitrogen and oxygen atoms in total. The van der Waals surface area contributed by atoms with Crippen LogP contribution in [-0.2, 0) is 0 Å². The molecular formula is C25H30N2O2. The molecule has 3 aromatic rings. The predicted octanol–water partition coefficient (Wildman–Crippen LogP) is 6.43. The van der Waals surface area contributed by atoms with Gasteiger partial charge in [0.2, 0.25) is 0 Å². The quantitative estimate of drug-likeness (QED) is 0.370. The first kappa shape index (κ1) is 20.6. The molecule has 2 N–H and O–H groups in total. The molecule has 0 atom stereocenters. The molecule has 0 bridgehead atoms. The third-order valence-electron chi connectivity index (χ3n) is 4.43. The second kappa shape index (κ2) is 11.0. The zero-order valence-electron chi connectivity index (χ0n) is 17.2. The van der Waals surface area contributed by atoms with Crippen LogP contribution < -0.4 is 20.1 Å². The van der Waals surface area contributed by atoms with E-state index in [0.29, 0.717) is 5.92 Å². The van der Waals surface area contributed by atoms with Gasteiger partial charge in [0.05, 0.1) is 6.61 Å². The molecule has 152 valence electrons. The Morgan fingerprint density at radius 2 is 1.17 bits per heavy atom. The minimum absolute atomic E-state index is 0.663. The van der Waals surface area contributed by atoms with Crippen LogP contribution in [0.3, 0.4) is 0 Å². The number of hydrogen-bond donors (Lipinski definition) is 2. The molecule has 0 spiro atoms. The van der Waals surface area contributed by atoms with Crippen molar-refractivity contribution in [2.75, 3.05) is 30.3 Å². The van der Waals surface area contributed by atoms with E-state index in [4.69, 9.17) is 9.47 Å². The summed E-state index contributed by atoms with van der Waals surface area (Å²) in [5.74, 6) is 3.26. The summed E-state index contributed by atoms with van der Waals surface area (Å²) in [7, 11) is 0. The molecule has 0 saturated carbocycles. The van der Waals surface area contributed by atoms with Crippen LogP contribution in [0.5, 0.6) is 17.2 Å². The maximum absolute atomic E-state index is 5.81. The van der Waals surface area contributed by atoms with Crippen LogP contribution in [0.4, 0.5) is 11.4 Å². The first-order valence-electron chi connectivity index (χ1n) is 10.2. The summed E-state index contributed by atoms with van der Waals surface area (Å²) in [6.07, 6.45) is 1.07. The van der Waals surface area contributed by atoms with E-state index in [2.05, 4.69) is 36.6 Å². The Bertz CT molecular complexity index is 831. The highest BCUT2D eigenvalue weighted by Gasteiger charge is 1.99. The normalized spacial score (nSPS) is 10.6. The van der Waals surface area contributed by atoms with E-state index in [1.54, 1.807) is 0 Å². The van der Waals surface area contributed by atoms with Crippen LogP contribution in [0.2, 0.25) is 0 Å². The average molecular weight is 391 g/mol. The summed E-state index contributed by atoms with van der Waals surface area (Å²) >= 11 is 0. The SMILES string of the molecule is CC(C)CCOc1ccc(NCCNc2ccc(Oc3ccccc3)cc2)cc1. The Labute approximate surface area is 173 Å². The van der Waals surface area contributed by atoms with Crippen LogP contribution in [0, 0.1) is 5.92 Å². The zero-order valence-corrected chi connectivity index (χ0v) is 17.2. The minimum atomic E-state index is 0.663. The van der Waals surface area contributed by atoms with Crippen LogP contribution in [0.25, 0.3) is 0 Å². The molecule has 3 rings (SSSR count). The van der Waals surface area contributed by atoms with Gasteiger partial charge in [0.1, 0.15) is 17.2 Å². The van der Waals surface area contributed by atoms with Crippen LogP contribution in [0.15, 0.2) is 78.9 Å². The highest BCUT2D eigenvalue weighted by molar-refractivity contribution is 5.49. The lowest BCUT2D eigenvalue weighted by Crippen LogP contribution is -2.13. The Morgan fingerprint density at radius 3 is 1.72 bits per heavy atom. The van der Waals surface area contributed by atoms with Gasteiger partial charge in [-0.05, 0) is 73.0 Å². The molecule has 29 heavy (non-hydrogen) atoms. The van der Waals surface area contributed by atoms with Crippen molar-refractivity contribution < 1.29 is 9.47 Å². The third kappa shape index (κ3) is 7.41. The zero-order chi connectivity index (χ0) is 20.3. The Hall–Kier alpha value is -3.14. The maximum Gasteiger partial charge on any atom is 0.127 e. The second-order valence-corrected chi connectivity index (χ2v) is 7.35. The molecule has 0 aliphatic rings. The smallest absolute Gasteiger partial charge is 0.127 e. The molecule has 0 fully saturated rings. The number of hydrogen-bond acceptors (Lipinski definition) is 4. The topological polar surface area (TPSA) is 42.5 Å². The van der Waals surface area contributed by atoms with Crippen LogP contribution >= 0.6 is 0 Å². The van der Waals surface area contributed by atoms with Crippen LogP contribution in [0.1, 0.15) is 20.3 Å². The van der Waals surface area contributed by atoms with Gasteiger partial charge in [0, 0.05) is 24.5 Å². The molecule has 0 saturated heterocycles. The standard InChI is InChI=1S/C25H30N2O2/c1-20(2)16-19-28-23-12-8-21(9-13-23)26-17-18-27-22-10-14-25(15-11-22)29-24-6-4-3-5-7-24/h3-15,20,26-27H,16-19H2,1-2H3. The summed E-state index contributed by atoms with van der Waals surface area (Å²) in [6.45, 7) is 6.83. The molecule has 0 aliphatic carbocycles. The molecule has 0 unspecified atom stereocenters. The van der Waals surface area contributed by atoms with E-state index in [-0.39, 0.29) is 0 Å². The highest BCUT2D eigenvalue weighted by atomic mass is 16.5. The molecule has 0 heterocycles. The molecule has 0 radical (unpaired) electrons. The van der Waals surface area contributed by atoms with E-state index < -0.39 is 0 Å². The lowest BCUT2D eigenvalue weighted by molar-refractivity contribution is 0.289. The van der Waals surface area contributed by atoms with Crippen molar-refractivity contribution in [3.63, 3.8) is 0 Å². The Morgan fingerprint density at radius 1 is 0.655 bits per heavy atom. The summed E-state index contributed by atoms with van der Waals surface area (Å²) < 4.78 is 11.6. The van der Waals surface area contributed by atoms with Gasteiger partial charge in [-0.25, -0.2) is 0 Å². The van der Waals surface area contributed by atoms with E-state index in [1.807, 2.05) is 66.7 Å². The number of nitrogens with one attached hydrogen (secondary N) is 2. The van der Waals surface area contributed by atoms with Gasteiger partial charge >= 0.3 is 0 Å². The summed E-state index contributed by atoms with van der Waals surface area (Å²) in [5, 5.41) is 6.83. The number of rotatable bonds is 11. The number of ether oxygens (including phenoxy) is 2. The second-order valence-electron chi connectivity index (χ2n) is 7.35. The predicted molar refractivity (Wildman–Crippen MR) is 121 cm³/mol. The molecule has 3 aromatic carbocycles. The molecule has 0 amide bonds. The van der Waals surface area contributed by atoms with Gasteiger partial charge in [-0.3, -0.25) is 0 Å². The molecule has 0 aliphatic heterocycles. The van der Waals surface area contributed by atoms with E-state index in [1.165, 1.54) is 0 Å². The van der Waals surface area contributed by atoms with Crippen LogP contribution in [-0.4, -0.2) is 19.7 Å². The largest absolute Gasteiger partial charge is 0.494 e. The van der Waals surface area contributed by atoms with Crippen molar-refractivity contribution in [1.82, 2.24) is 0 Å². The Balaban J connectivity index is 1.36. The van der Waals surface area contributed by atoms with Crippen molar-refractivity contribution in [3.8, 4) is 17.2 Å². The fourth-order valence-electron chi connectivity index (χ4n) is 2.76. The van der Waals surface area contributed by atoms with Crippen molar-refractivity contribution in [1.29, 1.82) is 0 Å². The first-order chi connectivity index (χ1) is 14.2. The average Bonchev–Trinajstić information content (AvgIpc) is 2.74. The number of anilines is 2. The number of para-hydroxylation sites is 1. The summed E-state index contributed by atoms with van der Waals surface area (Å²) in [4.78, 5) is 0. The Kier molecular flexibility index (Phi) is 7.81. The number of benzene rings is 3. The van der Waals surface area contributed by atoms with Gasteiger partial charge in [-0.1, -0.05) is 32.0 Å². The minimum Gasteiger partial charge on any atom is -0.494 e. The first-order valence-corrected chi connectivity index (χ1v) is 10.2. The summed E-state index contributed by atoms with van der Waals surface area (Å²) in [5.41, 5.74) is 2.16. The van der Waals surface area contributed by atoms with E-state index in [0.717, 1.165) is 54.7 Å². The van der Waals surface area contributed by atoms with Crippen molar-refractivity contribution >= 4 is 11.4 Å². The third-order valence-corrected chi connectivity index (χ3v) is 4.43. The van der Waals surface area contributed by atoms with E-state index >= 15 is 0 Å². The lowest BCUT2D eigenvalue weighted by atomic mass is 10.1. The summed E-state index contributed by atoms with van der Waals surface area (Å²) in [6, 6.07) is 25.9. The van der Waals surface area contributed by atoms with Gasteiger partial charge < -0.3 is 20.1 Å². The van der Waals surface area contributed by atoms with Crippen molar-refractivity contribution in [3.05, 3.63) is 78.9 Å². The molecule has 4 heteroatoms. The molecular weight excluding hydrogens is 360 g/mol. The fourth-order valence-corrected chi connectivity index (χ4v) is 2.76. The van der Waals surface area contributed by atoms with Crippen molar-refractivity contribution in [2.45, 2.75) is 20.3 Å². The maximum atomic E-state index is 5.81. The van der Waals surface area contributed by atoms with Gasteiger partial charge in [0.25, 0.3) is 0 Å². The van der Waals surface area contributed by atoms with Crippen molar-refractivity contribution in [2.24, 2.45) is 5.92 Å². The molecule has 0 aromatic heterocycles. The van der Waals surface area contributed by atoms with Gasteiger partial charge in [0.15, 0.2) is 0 Å². The van der Waals surface area contributed by atoms with Gasteiger partial charge in [-0.2, -0.15) is 0 Å².